The Hall–Kier alpha value is -1.65. The van der Waals surface area contributed by atoms with Crippen LogP contribution in [0.5, 0.6) is 0 Å². The molecule has 1 aromatic carbocycles. The first-order chi connectivity index (χ1) is 9.83. The highest BCUT2D eigenvalue weighted by Gasteiger charge is 2.13. The molecule has 1 aliphatic heterocycles. The molecule has 106 valence electrons. The van der Waals surface area contributed by atoms with Crippen LogP contribution in [0, 0.1) is 0 Å². The van der Waals surface area contributed by atoms with Crippen molar-refractivity contribution in [2.75, 3.05) is 13.1 Å². The molecule has 0 aliphatic carbocycles. The predicted molar refractivity (Wildman–Crippen MR) is 80.5 cm³/mol. The third kappa shape index (κ3) is 3.08. The van der Waals surface area contributed by atoms with Crippen LogP contribution in [0.1, 0.15) is 37.8 Å². The molecule has 0 saturated carbocycles. The molecule has 1 unspecified atom stereocenters. The van der Waals surface area contributed by atoms with Crippen LogP contribution in [0.2, 0.25) is 0 Å². The molecule has 2 aromatic rings. The Balaban J connectivity index is 1.64. The first-order valence-electron chi connectivity index (χ1n) is 7.42. The average Bonchev–Trinajstić information content (AvgIpc) is 3.03. The number of aromatic nitrogens is 2. The first kappa shape index (κ1) is 13.3. The van der Waals surface area contributed by atoms with E-state index in [9.17, 15) is 0 Å². The van der Waals surface area contributed by atoms with Crippen molar-refractivity contribution in [2.24, 2.45) is 0 Å². The maximum absolute atomic E-state index is 4.08. The molecule has 0 radical (unpaired) electrons. The van der Waals surface area contributed by atoms with Crippen LogP contribution in [0.15, 0.2) is 43.0 Å². The Morgan fingerprint density at radius 2 is 1.85 bits per heavy atom. The summed E-state index contributed by atoms with van der Waals surface area (Å²) in [7, 11) is 0. The minimum absolute atomic E-state index is 0.352. The summed E-state index contributed by atoms with van der Waals surface area (Å²) in [5.74, 6) is 0. The van der Waals surface area contributed by atoms with Gasteiger partial charge in [0.15, 0.2) is 0 Å². The van der Waals surface area contributed by atoms with Gasteiger partial charge in [0, 0.05) is 37.2 Å². The van der Waals surface area contributed by atoms with Crippen molar-refractivity contribution in [1.82, 2.24) is 20.0 Å². The topological polar surface area (TPSA) is 33.1 Å². The molecule has 1 N–H and O–H groups in total. The summed E-state index contributed by atoms with van der Waals surface area (Å²) < 4.78 is 2.02. The summed E-state index contributed by atoms with van der Waals surface area (Å²) >= 11 is 0. The van der Waals surface area contributed by atoms with Gasteiger partial charge in [0.1, 0.15) is 0 Å². The molecular formula is C16H22N4. The largest absolute Gasteiger partial charge is 0.306 e. The van der Waals surface area contributed by atoms with E-state index in [0.717, 1.165) is 18.8 Å². The van der Waals surface area contributed by atoms with Gasteiger partial charge in [0.25, 0.3) is 0 Å². The lowest BCUT2D eigenvalue weighted by atomic mass is 10.1. The van der Waals surface area contributed by atoms with Crippen LogP contribution in [-0.2, 0) is 0 Å². The third-order valence-electron chi connectivity index (χ3n) is 3.93. The molecule has 1 saturated heterocycles. The van der Waals surface area contributed by atoms with Gasteiger partial charge in [-0.2, -0.15) is 0 Å². The monoisotopic (exact) mass is 270 g/mol. The quantitative estimate of drug-likeness (QED) is 0.927. The third-order valence-corrected chi connectivity index (χ3v) is 3.93. The van der Waals surface area contributed by atoms with Crippen molar-refractivity contribution >= 4 is 0 Å². The van der Waals surface area contributed by atoms with Crippen LogP contribution in [0.4, 0.5) is 0 Å². The summed E-state index contributed by atoms with van der Waals surface area (Å²) in [6.45, 7) is 4.55. The highest BCUT2D eigenvalue weighted by Crippen LogP contribution is 2.17. The van der Waals surface area contributed by atoms with Gasteiger partial charge in [-0.25, -0.2) is 15.4 Å². The maximum Gasteiger partial charge on any atom is 0.0991 e. The Bertz CT molecular complexity index is 512. The van der Waals surface area contributed by atoms with E-state index in [4.69, 9.17) is 0 Å². The van der Waals surface area contributed by atoms with E-state index in [-0.39, 0.29) is 0 Å². The zero-order valence-corrected chi connectivity index (χ0v) is 12.0. The molecule has 1 aliphatic rings. The lowest BCUT2D eigenvalue weighted by molar-refractivity contribution is 0.133. The number of hydrogen-bond donors (Lipinski definition) is 1. The smallest absolute Gasteiger partial charge is 0.0991 e. The fourth-order valence-electron chi connectivity index (χ4n) is 2.72. The van der Waals surface area contributed by atoms with E-state index in [1.165, 1.54) is 24.8 Å². The van der Waals surface area contributed by atoms with E-state index in [1.807, 2.05) is 17.1 Å². The van der Waals surface area contributed by atoms with Gasteiger partial charge in [0.05, 0.1) is 6.33 Å². The summed E-state index contributed by atoms with van der Waals surface area (Å²) in [6, 6.07) is 9.02. The molecule has 1 aromatic heterocycles. The lowest BCUT2D eigenvalue weighted by Crippen LogP contribution is -2.42. The van der Waals surface area contributed by atoms with Crippen molar-refractivity contribution in [3.05, 3.63) is 48.5 Å². The fraction of sp³-hybridized carbons (Fsp3) is 0.438. The second-order valence-corrected chi connectivity index (χ2v) is 5.46. The number of piperidine rings is 1. The fourth-order valence-corrected chi connectivity index (χ4v) is 2.72. The number of nitrogens with zero attached hydrogens (tertiary/aromatic N) is 3. The predicted octanol–water partition coefficient (Wildman–Crippen LogP) is 2.92. The summed E-state index contributed by atoms with van der Waals surface area (Å²) in [6.07, 6.45) is 9.56. The highest BCUT2D eigenvalue weighted by molar-refractivity contribution is 5.35. The van der Waals surface area contributed by atoms with E-state index < -0.39 is 0 Å². The lowest BCUT2D eigenvalue weighted by Gasteiger charge is -2.30. The van der Waals surface area contributed by atoms with E-state index in [1.54, 1.807) is 6.20 Å². The summed E-state index contributed by atoms with van der Waals surface area (Å²) in [4.78, 5) is 4.08. The van der Waals surface area contributed by atoms with Gasteiger partial charge in [-0.05, 0) is 37.5 Å². The normalized spacial score (nSPS) is 18.1. The van der Waals surface area contributed by atoms with Gasteiger partial charge < -0.3 is 4.57 Å². The number of hydrazine groups is 1. The minimum atomic E-state index is 0.352. The van der Waals surface area contributed by atoms with Crippen LogP contribution in [0.3, 0.4) is 0 Å². The van der Waals surface area contributed by atoms with Gasteiger partial charge in [-0.1, -0.05) is 18.6 Å². The van der Waals surface area contributed by atoms with Crippen molar-refractivity contribution in [3.8, 4) is 5.69 Å². The van der Waals surface area contributed by atoms with Gasteiger partial charge in [0.2, 0.25) is 0 Å². The van der Waals surface area contributed by atoms with Gasteiger partial charge in [-0.3, -0.25) is 0 Å². The Kier molecular flexibility index (Phi) is 4.14. The average molecular weight is 270 g/mol. The number of nitrogens with one attached hydrogen (secondary N) is 1. The Morgan fingerprint density at radius 3 is 2.50 bits per heavy atom. The molecule has 2 heterocycles. The van der Waals surface area contributed by atoms with Crippen molar-refractivity contribution < 1.29 is 0 Å². The van der Waals surface area contributed by atoms with Crippen molar-refractivity contribution in [2.45, 2.75) is 32.2 Å². The maximum atomic E-state index is 4.08. The minimum Gasteiger partial charge on any atom is -0.306 e. The Labute approximate surface area is 120 Å². The van der Waals surface area contributed by atoms with Gasteiger partial charge in [-0.15, -0.1) is 0 Å². The molecule has 0 amide bonds. The SMILES string of the molecule is CC(NN1CCCCC1)c1ccc(-n2ccnc2)cc1. The number of imidazole rings is 1. The molecule has 1 atom stereocenters. The summed E-state index contributed by atoms with van der Waals surface area (Å²) in [5, 5.41) is 2.36. The zero-order valence-electron chi connectivity index (χ0n) is 12.0. The number of benzene rings is 1. The van der Waals surface area contributed by atoms with Crippen LogP contribution < -0.4 is 5.43 Å². The zero-order chi connectivity index (χ0) is 13.8. The second kappa shape index (κ2) is 6.20. The van der Waals surface area contributed by atoms with E-state index >= 15 is 0 Å². The molecule has 20 heavy (non-hydrogen) atoms. The molecule has 4 heteroatoms. The van der Waals surface area contributed by atoms with Crippen LogP contribution >= 0.6 is 0 Å². The van der Waals surface area contributed by atoms with Crippen LogP contribution in [-0.4, -0.2) is 27.6 Å². The van der Waals surface area contributed by atoms with E-state index in [0.29, 0.717) is 6.04 Å². The number of rotatable bonds is 4. The Morgan fingerprint density at radius 1 is 1.10 bits per heavy atom. The standard InChI is InChI=1S/C16H22N4/c1-14(18-20-10-3-2-4-11-20)15-5-7-16(8-6-15)19-12-9-17-13-19/h5-9,12-14,18H,2-4,10-11H2,1H3. The molecule has 1 fully saturated rings. The molecule has 0 bridgehead atoms. The van der Waals surface area contributed by atoms with Crippen molar-refractivity contribution in [1.29, 1.82) is 0 Å². The highest BCUT2D eigenvalue weighted by atomic mass is 15.5. The van der Waals surface area contributed by atoms with Crippen molar-refractivity contribution in [3.63, 3.8) is 0 Å². The molecule has 3 rings (SSSR count). The summed E-state index contributed by atoms with van der Waals surface area (Å²) in [5.41, 5.74) is 6.07. The first-order valence-corrected chi connectivity index (χ1v) is 7.42. The van der Waals surface area contributed by atoms with Gasteiger partial charge >= 0.3 is 0 Å². The molecule has 0 spiro atoms. The second-order valence-electron chi connectivity index (χ2n) is 5.46. The molecule has 4 nitrogen and oxygen atoms in total. The van der Waals surface area contributed by atoms with E-state index in [2.05, 4.69) is 46.6 Å². The number of hydrogen-bond acceptors (Lipinski definition) is 3. The molecular weight excluding hydrogens is 248 g/mol. The van der Waals surface area contributed by atoms with Crippen LogP contribution in [0.25, 0.3) is 5.69 Å².